The molecule has 126 valence electrons. The van der Waals surface area contributed by atoms with Crippen LogP contribution in [0.15, 0.2) is 46.9 Å². The lowest BCUT2D eigenvalue weighted by atomic mass is 9.86. The Morgan fingerprint density at radius 2 is 2.00 bits per heavy atom. The SMILES string of the molecule is Cc1ccc(C(=O)NC2CNCCC2c2ccc(F)cc2)c(Br)c1. The molecule has 1 fully saturated rings. The molecule has 1 saturated heterocycles. The van der Waals surface area contributed by atoms with Crippen LogP contribution in [0.5, 0.6) is 0 Å². The van der Waals surface area contributed by atoms with Crippen LogP contribution in [0.4, 0.5) is 4.39 Å². The molecule has 2 aromatic rings. The zero-order valence-corrected chi connectivity index (χ0v) is 15.1. The first-order valence-corrected chi connectivity index (χ1v) is 8.87. The van der Waals surface area contributed by atoms with Gasteiger partial charge in [-0.15, -0.1) is 0 Å². The second-order valence-electron chi connectivity index (χ2n) is 6.21. The smallest absolute Gasteiger partial charge is 0.252 e. The van der Waals surface area contributed by atoms with E-state index in [1.54, 1.807) is 0 Å². The van der Waals surface area contributed by atoms with Crippen molar-refractivity contribution in [2.75, 3.05) is 13.1 Å². The molecule has 2 aromatic carbocycles. The van der Waals surface area contributed by atoms with Gasteiger partial charge in [0.2, 0.25) is 0 Å². The molecule has 1 amide bonds. The van der Waals surface area contributed by atoms with Gasteiger partial charge in [-0.25, -0.2) is 4.39 Å². The molecule has 3 rings (SSSR count). The number of nitrogens with one attached hydrogen (secondary N) is 2. The summed E-state index contributed by atoms with van der Waals surface area (Å²) in [6, 6.07) is 12.3. The molecular weight excluding hydrogens is 371 g/mol. The maximum atomic E-state index is 13.2. The predicted octanol–water partition coefficient (Wildman–Crippen LogP) is 3.77. The molecule has 2 N–H and O–H groups in total. The van der Waals surface area contributed by atoms with E-state index in [-0.39, 0.29) is 23.7 Å². The first kappa shape index (κ1) is 17.1. The molecule has 1 heterocycles. The largest absolute Gasteiger partial charge is 0.347 e. The average molecular weight is 391 g/mol. The molecule has 24 heavy (non-hydrogen) atoms. The highest BCUT2D eigenvalue weighted by Crippen LogP contribution is 2.27. The van der Waals surface area contributed by atoms with Crippen LogP contribution in [-0.4, -0.2) is 25.0 Å². The molecule has 0 aromatic heterocycles. The minimum atomic E-state index is -0.239. The van der Waals surface area contributed by atoms with Gasteiger partial charge < -0.3 is 10.6 Å². The summed E-state index contributed by atoms with van der Waals surface area (Å²) in [5, 5.41) is 6.46. The van der Waals surface area contributed by atoms with Gasteiger partial charge in [-0.05, 0) is 71.2 Å². The fourth-order valence-corrected chi connectivity index (χ4v) is 3.84. The van der Waals surface area contributed by atoms with E-state index < -0.39 is 0 Å². The molecule has 3 nitrogen and oxygen atoms in total. The Morgan fingerprint density at radius 1 is 1.25 bits per heavy atom. The van der Waals surface area contributed by atoms with Crippen molar-refractivity contribution < 1.29 is 9.18 Å². The summed E-state index contributed by atoms with van der Waals surface area (Å²) < 4.78 is 14.0. The number of benzene rings is 2. The highest BCUT2D eigenvalue weighted by Gasteiger charge is 2.28. The van der Waals surface area contributed by atoms with E-state index in [0.29, 0.717) is 12.1 Å². The lowest BCUT2D eigenvalue weighted by molar-refractivity contribution is 0.0923. The summed E-state index contributed by atoms with van der Waals surface area (Å²) >= 11 is 3.46. The quantitative estimate of drug-likeness (QED) is 0.837. The molecule has 1 aliphatic heterocycles. The minimum Gasteiger partial charge on any atom is -0.347 e. The van der Waals surface area contributed by atoms with Gasteiger partial charge in [0.1, 0.15) is 5.82 Å². The fraction of sp³-hybridized carbons (Fsp3) is 0.316. The predicted molar refractivity (Wildman–Crippen MR) is 96.8 cm³/mol. The van der Waals surface area contributed by atoms with Gasteiger partial charge in [-0.1, -0.05) is 18.2 Å². The van der Waals surface area contributed by atoms with Crippen molar-refractivity contribution in [2.45, 2.75) is 25.3 Å². The second kappa shape index (κ2) is 7.45. The maximum absolute atomic E-state index is 13.2. The number of amides is 1. The lowest BCUT2D eigenvalue weighted by Crippen LogP contribution is -2.50. The summed E-state index contributed by atoms with van der Waals surface area (Å²) in [5.41, 5.74) is 2.79. The monoisotopic (exact) mass is 390 g/mol. The van der Waals surface area contributed by atoms with Crippen LogP contribution >= 0.6 is 15.9 Å². The van der Waals surface area contributed by atoms with Gasteiger partial charge >= 0.3 is 0 Å². The highest BCUT2D eigenvalue weighted by atomic mass is 79.9. The van der Waals surface area contributed by atoms with E-state index >= 15 is 0 Å². The Bertz CT molecular complexity index is 733. The van der Waals surface area contributed by atoms with Crippen LogP contribution in [0.2, 0.25) is 0 Å². The number of carbonyl (C=O) groups is 1. The van der Waals surface area contributed by atoms with Crippen LogP contribution in [0.3, 0.4) is 0 Å². The molecule has 2 unspecified atom stereocenters. The zero-order chi connectivity index (χ0) is 17.1. The second-order valence-corrected chi connectivity index (χ2v) is 7.07. The normalized spacial score (nSPS) is 20.6. The Labute approximate surface area is 149 Å². The van der Waals surface area contributed by atoms with E-state index in [1.165, 1.54) is 12.1 Å². The summed E-state index contributed by atoms with van der Waals surface area (Å²) in [6.45, 7) is 3.59. The van der Waals surface area contributed by atoms with Gasteiger partial charge in [0.25, 0.3) is 5.91 Å². The van der Waals surface area contributed by atoms with Gasteiger partial charge in [-0.2, -0.15) is 0 Å². The van der Waals surface area contributed by atoms with Gasteiger partial charge in [0.05, 0.1) is 5.56 Å². The van der Waals surface area contributed by atoms with Gasteiger partial charge in [0, 0.05) is 23.0 Å². The Balaban J connectivity index is 1.78. The summed E-state index contributed by atoms with van der Waals surface area (Å²) in [5.74, 6) is -0.153. The van der Waals surface area contributed by atoms with Crippen molar-refractivity contribution >= 4 is 21.8 Å². The third-order valence-corrected chi connectivity index (χ3v) is 5.12. The van der Waals surface area contributed by atoms with Gasteiger partial charge in [0.15, 0.2) is 0 Å². The molecule has 0 bridgehead atoms. The van der Waals surface area contributed by atoms with Crippen LogP contribution < -0.4 is 10.6 Å². The molecule has 0 radical (unpaired) electrons. The van der Waals surface area contributed by atoms with Crippen LogP contribution in [-0.2, 0) is 0 Å². The number of halogens is 2. The maximum Gasteiger partial charge on any atom is 0.252 e. The van der Waals surface area contributed by atoms with Crippen LogP contribution in [0.1, 0.15) is 33.8 Å². The van der Waals surface area contributed by atoms with Crippen molar-refractivity contribution in [3.8, 4) is 0 Å². The average Bonchev–Trinajstić information content (AvgIpc) is 2.56. The third kappa shape index (κ3) is 3.84. The first-order valence-electron chi connectivity index (χ1n) is 8.08. The van der Waals surface area contributed by atoms with Crippen LogP contribution in [0.25, 0.3) is 0 Å². The van der Waals surface area contributed by atoms with Crippen molar-refractivity contribution in [3.05, 3.63) is 69.4 Å². The van der Waals surface area contributed by atoms with E-state index in [1.807, 2.05) is 37.3 Å². The Hall–Kier alpha value is -1.72. The van der Waals surface area contributed by atoms with Crippen molar-refractivity contribution in [1.29, 1.82) is 0 Å². The molecule has 2 atom stereocenters. The Morgan fingerprint density at radius 3 is 2.71 bits per heavy atom. The number of hydrogen-bond acceptors (Lipinski definition) is 2. The number of aryl methyl sites for hydroxylation is 1. The standard InChI is InChI=1S/C19H20BrFN2O/c1-12-2-7-16(17(20)10-12)19(24)23-18-11-22-9-8-15(18)13-3-5-14(21)6-4-13/h2-7,10,15,18,22H,8-9,11H2,1H3,(H,23,24). The molecule has 5 heteroatoms. The fourth-order valence-electron chi connectivity index (χ4n) is 3.17. The molecule has 0 saturated carbocycles. The van der Waals surface area contributed by atoms with Crippen molar-refractivity contribution in [2.24, 2.45) is 0 Å². The summed E-state index contributed by atoms with van der Waals surface area (Å²) in [6.07, 6.45) is 0.908. The lowest BCUT2D eigenvalue weighted by Gasteiger charge is -2.33. The van der Waals surface area contributed by atoms with E-state index in [0.717, 1.165) is 28.6 Å². The Kier molecular flexibility index (Phi) is 5.31. The minimum absolute atomic E-state index is 0.0232. The highest BCUT2D eigenvalue weighted by molar-refractivity contribution is 9.10. The molecule has 0 aliphatic carbocycles. The van der Waals surface area contributed by atoms with Crippen molar-refractivity contribution in [1.82, 2.24) is 10.6 Å². The zero-order valence-electron chi connectivity index (χ0n) is 13.5. The number of piperidine rings is 1. The molecular formula is C19H20BrFN2O. The van der Waals surface area contributed by atoms with E-state index in [9.17, 15) is 9.18 Å². The van der Waals surface area contributed by atoms with Crippen molar-refractivity contribution in [3.63, 3.8) is 0 Å². The summed E-state index contributed by atoms with van der Waals surface area (Å²) in [4.78, 5) is 12.6. The topological polar surface area (TPSA) is 41.1 Å². The van der Waals surface area contributed by atoms with Crippen LogP contribution in [0, 0.1) is 12.7 Å². The van der Waals surface area contributed by atoms with E-state index in [4.69, 9.17) is 0 Å². The molecule has 1 aliphatic rings. The number of carbonyl (C=O) groups excluding carboxylic acids is 1. The number of rotatable bonds is 3. The third-order valence-electron chi connectivity index (χ3n) is 4.47. The van der Waals surface area contributed by atoms with E-state index in [2.05, 4.69) is 26.6 Å². The number of hydrogen-bond donors (Lipinski definition) is 2. The first-order chi connectivity index (χ1) is 11.5. The van der Waals surface area contributed by atoms with Gasteiger partial charge in [-0.3, -0.25) is 4.79 Å². The molecule has 0 spiro atoms. The summed E-state index contributed by atoms with van der Waals surface area (Å²) in [7, 11) is 0.